The molecule has 0 aliphatic rings. The fourth-order valence-corrected chi connectivity index (χ4v) is 1.93. The Kier molecular flexibility index (Phi) is 4.99. The smallest absolute Gasteiger partial charge is 0.331 e. The van der Waals surface area contributed by atoms with Crippen molar-refractivity contribution in [1.29, 1.82) is 5.26 Å². The maximum atomic E-state index is 12.0. The summed E-state index contributed by atoms with van der Waals surface area (Å²) >= 11 is 5.70. The molecule has 0 N–H and O–H groups in total. The minimum atomic E-state index is -1.29. The Morgan fingerprint density at radius 1 is 1.47 bits per heavy atom. The lowest BCUT2D eigenvalue weighted by molar-refractivity contribution is -0.148. The minimum absolute atomic E-state index is 0.223. The lowest BCUT2D eigenvalue weighted by Crippen LogP contribution is -2.36. The van der Waals surface area contributed by atoms with Gasteiger partial charge in [-0.05, 0) is 18.9 Å². The molecule has 0 amide bonds. The Morgan fingerprint density at radius 3 is 2.59 bits per heavy atom. The van der Waals surface area contributed by atoms with Crippen LogP contribution in [0.15, 0.2) is 30.3 Å². The largest absolute Gasteiger partial charge is 0.465 e. The molecule has 1 atom stereocenters. The van der Waals surface area contributed by atoms with Gasteiger partial charge in [0, 0.05) is 5.88 Å². The van der Waals surface area contributed by atoms with E-state index in [0.29, 0.717) is 5.56 Å². The highest BCUT2D eigenvalue weighted by atomic mass is 35.5. The second-order valence-electron chi connectivity index (χ2n) is 3.54. The summed E-state index contributed by atoms with van der Waals surface area (Å²) in [5, 5.41) is 9.35. The lowest BCUT2D eigenvalue weighted by Gasteiger charge is -2.23. The number of hydrogen-bond acceptors (Lipinski definition) is 3. The average Bonchev–Trinajstić information content (AvgIpc) is 2.37. The van der Waals surface area contributed by atoms with Crippen molar-refractivity contribution >= 4 is 17.6 Å². The van der Waals surface area contributed by atoms with E-state index in [2.05, 4.69) is 6.07 Å². The Labute approximate surface area is 106 Å². The van der Waals surface area contributed by atoms with Gasteiger partial charge < -0.3 is 4.74 Å². The molecule has 0 saturated carbocycles. The first kappa shape index (κ1) is 13.5. The van der Waals surface area contributed by atoms with Crippen LogP contribution in [0.2, 0.25) is 0 Å². The monoisotopic (exact) mass is 251 g/mol. The third-order valence-corrected chi connectivity index (χ3v) is 2.74. The fraction of sp³-hybridized carbons (Fsp3) is 0.385. The number of esters is 1. The quantitative estimate of drug-likeness (QED) is 0.597. The normalized spacial score (nSPS) is 13.5. The highest BCUT2D eigenvalue weighted by Gasteiger charge is 2.41. The van der Waals surface area contributed by atoms with Crippen molar-refractivity contribution in [3.63, 3.8) is 0 Å². The number of rotatable bonds is 5. The molecule has 0 aliphatic heterocycles. The predicted octanol–water partition coefficient (Wildman–Crippen LogP) is 2.64. The summed E-state index contributed by atoms with van der Waals surface area (Å²) in [4.78, 5) is 12.0. The van der Waals surface area contributed by atoms with E-state index in [9.17, 15) is 10.1 Å². The molecule has 0 aromatic heterocycles. The zero-order chi connectivity index (χ0) is 12.7. The van der Waals surface area contributed by atoms with E-state index in [0.717, 1.165) is 0 Å². The number of nitriles is 1. The Morgan fingerprint density at radius 2 is 2.12 bits per heavy atom. The van der Waals surface area contributed by atoms with Crippen molar-refractivity contribution in [2.75, 3.05) is 12.5 Å². The fourth-order valence-electron chi connectivity index (χ4n) is 1.65. The zero-order valence-electron chi connectivity index (χ0n) is 9.65. The summed E-state index contributed by atoms with van der Waals surface area (Å²) in [6, 6.07) is 10.9. The maximum Gasteiger partial charge on any atom is 0.331 e. The van der Waals surface area contributed by atoms with Crippen LogP contribution in [0.1, 0.15) is 18.9 Å². The van der Waals surface area contributed by atoms with Gasteiger partial charge in [0.25, 0.3) is 0 Å². The van der Waals surface area contributed by atoms with Gasteiger partial charge in [-0.2, -0.15) is 5.26 Å². The molecule has 0 bridgehead atoms. The first-order chi connectivity index (χ1) is 8.21. The van der Waals surface area contributed by atoms with Crippen molar-refractivity contribution in [3.05, 3.63) is 35.9 Å². The molecule has 1 rings (SSSR count). The number of alkyl halides is 1. The van der Waals surface area contributed by atoms with E-state index in [4.69, 9.17) is 16.3 Å². The van der Waals surface area contributed by atoms with E-state index in [1.165, 1.54) is 0 Å². The first-order valence-electron chi connectivity index (χ1n) is 5.41. The van der Waals surface area contributed by atoms with Crippen molar-refractivity contribution in [2.45, 2.75) is 18.8 Å². The molecule has 0 radical (unpaired) electrons. The molecular weight excluding hydrogens is 238 g/mol. The molecule has 4 heteroatoms. The number of carbonyl (C=O) groups excluding carboxylic acids is 1. The van der Waals surface area contributed by atoms with Crippen LogP contribution in [0.3, 0.4) is 0 Å². The van der Waals surface area contributed by atoms with Crippen LogP contribution in [0.5, 0.6) is 0 Å². The molecule has 1 aromatic rings. The first-order valence-corrected chi connectivity index (χ1v) is 5.94. The maximum absolute atomic E-state index is 12.0. The van der Waals surface area contributed by atoms with Crippen LogP contribution in [-0.4, -0.2) is 18.5 Å². The molecule has 90 valence electrons. The highest BCUT2D eigenvalue weighted by Crippen LogP contribution is 2.29. The topological polar surface area (TPSA) is 50.1 Å². The van der Waals surface area contributed by atoms with Crippen LogP contribution in [0, 0.1) is 11.3 Å². The van der Waals surface area contributed by atoms with Gasteiger partial charge in [0.2, 0.25) is 0 Å². The van der Waals surface area contributed by atoms with Gasteiger partial charge in [0.1, 0.15) is 0 Å². The zero-order valence-corrected chi connectivity index (χ0v) is 10.4. The van der Waals surface area contributed by atoms with Gasteiger partial charge in [0.15, 0.2) is 5.41 Å². The average molecular weight is 252 g/mol. The SMILES string of the molecule is CCOC(=O)[C@@](C#N)(CCCl)c1ccccc1. The summed E-state index contributed by atoms with van der Waals surface area (Å²) in [6.07, 6.45) is 0.244. The molecule has 17 heavy (non-hydrogen) atoms. The summed E-state index contributed by atoms with van der Waals surface area (Å²) in [6.45, 7) is 1.96. The highest BCUT2D eigenvalue weighted by molar-refractivity contribution is 6.18. The number of hydrogen-bond donors (Lipinski definition) is 0. The van der Waals surface area contributed by atoms with Crippen LogP contribution in [0.4, 0.5) is 0 Å². The number of ether oxygens (including phenoxy) is 1. The molecule has 0 fully saturated rings. The van der Waals surface area contributed by atoms with Crippen molar-refractivity contribution in [3.8, 4) is 6.07 Å². The van der Waals surface area contributed by atoms with Gasteiger partial charge in [0.05, 0.1) is 12.7 Å². The van der Waals surface area contributed by atoms with Gasteiger partial charge >= 0.3 is 5.97 Å². The molecule has 0 heterocycles. The van der Waals surface area contributed by atoms with E-state index < -0.39 is 11.4 Å². The van der Waals surface area contributed by atoms with Gasteiger partial charge in [-0.15, -0.1) is 11.6 Å². The van der Waals surface area contributed by atoms with Gasteiger partial charge in [-0.25, -0.2) is 4.79 Å². The third kappa shape index (κ3) is 2.78. The minimum Gasteiger partial charge on any atom is -0.465 e. The van der Waals surface area contributed by atoms with Crippen molar-refractivity contribution in [1.82, 2.24) is 0 Å². The molecule has 0 unspecified atom stereocenters. The standard InChI is InChI=1S/C13H14ClNO2/c1-2-17-12(16)13(10-15,8-9-14)11-6-4-3-5-7-11/h3-7H,2,8-9H2,1H3/t13-/m1/s1. The van der Waals surface area contributed by atoms with Crippen molar-refractivity contribution < 1.29 is 9.53 Å². The second kappa shape index (κ2) is 6.27. The van der Waals surface area contributed by atoms with Crippen LogP contribution in [-0.2, 0) is 14.9 Å². The number of carbonyl (C=O) groups is 1. The van der Waals surface area contributed by atoms with Gasteiger partial charge in [-0.1, -0.05) is 30.3 Å². The van der Waals surface area contributed by atoms with Crippen LogP contribution in [0.25, 0.3) is 0 Å². The van der Waals surface area contributed by atoms with E-state index >= 15 is 0 Å². The van der Waals surface area contributed by atoms with E-state index in [1.54, 1.807) is 31.2 Å². The van der Waals surface area contributed by atoms with Crippen LogP contribution >= 0.6 is 11.6 Å². The van der Waals surface area contributed by atoms with E-state index in [-0.39, 0.29) is 18.9 Å². The Hall–Kier alpha value is -1.53. The number of nitrogens with zero attached hydrogens (tertiary/aromatic N) is 1. The molecule has 1 aromatic carbocycles. The molecule has 0 spiro atoms. The Balaban J connectivity index is 3.19. The van der Waals surface area contributed by atoms with Crippen LogP contribution < -0.4 is 0 Å². The second-order valence-corrected chi connectivity index (χ2v) is 3.92. The summed E-state index contributed by atoms with van der Waals surface area (Å²) in [7, 11) is 0. The number of halogens is 1. The van der Waals surface area contributed by atoms with Gasteiger partial charge in [-0.3, -0.25) is 0 Å². The Bertz CT molecular complexity index is 413. The summed E-state index contributed by atoms with van der Waals surface area (Å²) in [5.41, 5.74) is -0.666. The molecule has 0 saturated heterocycles. The molecule has 3 nitrogen and oxygen atoms in total. The summed E-state index contributed by atoms with van der Waals surface area (Å²) < 4.78 is 4.99. The lowest BCUT2D eigenvalue weighted by atomic mass is 9.79. The third-order valence-electron chi connectivity index (χ3n) is 2.55. The molecule has 0 aliphatic carbocycles. The number of benzene rings is 1. The molecular formula is C13H14ClNO2. The van der Waals surface area contributed by atoms with E-state index in [1.807, 2.05) is 6.07 Å². The predicted molar refractivity (Wildman–Crippen MR) is 65.7 cm³/mol. The summed E-state index contributed by atoms with van der Waals surface area (Å²) in [5.74, 6) is -0.310. The van der Waals surface area contributed by atoms with Crippen molar-refractivity contribution in [2.24, 2.45) is 0 Å².